The van der Waals surface area contributed by atoms with Crippen LogP contribution in [-0.2, 0) is 4.79 Å². The Morgan fingerprint density at radius 1 is 1.36 bits per heavy atom. The van der Waals surface area contributed by atoms with Crippen molar-refractivity contribution >= 4 is 11.8 Å². The first kappa shape index (κ1) is 17.0. The largest absolute Gasteiger partial charge is 0.480 e. The van der Waals surface area contributed by atoms with Crippen molar-refractivity contribution < 1.29 is 9.90 Å². The highest BCUT2D eigenvalue weighted by Gasteiger charge is 2.37. The van der Waals surface area contributed by atoms with Gasteiger partial charge in [-0.25, -0.2) is 0 Å². The fraction of sp³-hybridized carbons (Fsp3) is 0.765. The Hall–Kier alpha value is -1.36. The molecule has 2 rings (SSSR count). The summed E-state index contributed by atoms with van der Waals surface area (Å²) in [5.74, 6) is 0.767. The third kappa shape index (κ3) is 3.35. The van der Waals surface area contributed by atoms with Crippen LogP contribution < -0.4 is 0 Å². The molecule has 1 atom stereocenters. The number of rotatable bonds is 3. The molecule has 0 unspecified atom stereocenters. The lowest BCUT2D eigenvalue weighted by Crippen LogP contribution is -2.53. The van der Waals surface area contributed by atoms with E-state index in [4.69, 9.17) is 10.1 Å². The van der Waals surface area contributed by atoms with E-state index in [2.05, 4.69) is 46.4 Å². The molecule has 2 aliphatic heterocycles. The van der Waals surface area contributed by atoms with Crippen molar-refractivity contribution in [3.63, 3.8) is 0 Å². The number of amidine groups is 1. The van der Waals surface area contributed by atoms with Crippen LogP contribution in [0.15, 0.2) is 16.3 Å². The molecular weight excluding hydrogens is 278 g/mol. The van der Waals surface area contributed by atoms with E-state index < -0.39 is 5.97 Å². The Kier molecular flexibility index (Phi) is 4.66. The van der Waals surface area contributed by atoms with Crippen LogP contribution in [-0.4, -0.2) is 58.9 Å². The van der Waals surface area contributed by atoms with Crippen molar-refractivity contribution in [2.45, 2.75) is 47.6 Å². The first-order valence-electron chi connectivity index (χ1n) is 8.14. The molecule has 1 saturated heterocycles. The fourth-order valence-electron chi connectivity index (χ4n) is 3.66. The minimum atomic E-state index is -0.757. The van der Waals surface area contributed by atoms with Crippen LogP contribution in [0.1, 0.15) is 41.5 Å². The summed E-state index contributed by atoms with van der Waals surface area (Å²) in [6.07, 6.45) is 0. The number of piperazine rings is 1. The molecule has 1 fully saturated rings. The zero-order chi connectivity index (χ0) is 16.7. The Morgan fingerprint density at radius 2 is 2.00 bits per heavy atom. The maximum Gasteiger partial charge on any atom is 0.317 e. The number of hydrogen-bond donors (Lipinski definition) is 1. The van der Waals surface area contributed by atoms with E-state index in [9.17, 15) is 4.79 Å². The minimum absolute atomic E-state index is 0.0330. The van der Waals surface area contributed by atoms with Gasteiger partial charge in [-0.05, 0) is 17.9 Å². The first-order valence-corrected chi connectivity index (χ1v) is 8.14. The van der Waals surface area contributed by atoms with Gasteiger partial charge in [0.1, 0.15) is 5.84 Å². The molecule has 0 aliphatic carbocycles. The van der Waals surface area contributed by atoms with E-state index in [1.54, 1.807) is 0 Å². The van der Waals surface area contributed by atoms with Crippen LogP contribution in [0.2, 0.25) is 0 Å². The highest BCUT2D eigenvalue weighted by atomic mass is 16.4. The number of hydrogen-bond acceptors (Lipinski definition) is 4. The van der Waals surface area contributed by atoms with Gasteiger partial charge in [0.25, 0.3) is 0 Å². The van der Waals surface area contributed by atoms with Gasteiger partial charge >= 0.3 is 5.97 Å². The normalized spacial score (nSPS) is 23.7. The molecule has 0 saturated carbocycles. The fourth-order valence-corrected chi connectivity index (χ4v) is 3.66. The van der Waals surface area contributed by atoms with E-state index in [0.717, 1.165) is 18.9 Å². The summed E-state index contributed by atoms with van der Waals surface area (Å²) in [4.78, 5) is 20.4. The molecule has 0 aromatic heterocycles. The number of aliphatic imine (C=N–C) groups is 1. The molecule has 124 valence electrons. The van der Waals surface area contributed by atoms with Crippen molar-refractivity contribution in [3.05, 3.63) is 11.3 Å². The van der Waals surface area contributed by atoms with Gasteiger partial charge in [-0.2, -0.15) is 0 Å². The lowest BCUT2D eigenvalue weighted by molar-refractivity contribution is -0.138. The Labute approximate surface area is 133 Å². The predicted octanol–water partition coefficient (Wildman–Crippen LogP) is 2.45. The number of fused-ring (bicyclic) bond motifs is 1. The SMILES string of the molecule is CC(C)C1=N[C@@H](C)C(C(C)(C)C)=C2CN(CC(=O)O)CCN12. The Bertz CT molecular complexity index is 514. The molecule has 0 bridgehead atoms. The van der Waals surface area contributed by atoms with E-state index in [0.29, 0.717) is 12.5 Å². The van der Waals surface area contributed by atoms with E-state index >= 15 is 0 Å². The van der Waals surface area contributed by atoms with Crippen molar-refractivity contribution in [3.8, 4) is 0 Å². The summed E-state index contributed by atoms with van der Waals surface area (Å²) in [5.41, 5.74) is 2.64. The summed E-state index contributed by atoms with van der Waals surface area (Å²) in [6, 6.07) is 0.161. The maximum atomic E-state index is 11.0. The zero-order valence-electron chi connectivity index (χ0n) is 14.7. The molecule has 2 heterocycles. The average molecular weight is 307 g/mol. The second-order valence-corrected chi connectivity index (χ2v) is 7.68. The predicted molar refractivity (Wildman–Crippen MR) is 89.0 cm³/mol. The number of nitrogens with zero attached hydrogens (tertiary/aromatic N) is 3. The first-order chi connectivity index (χ1) is 10.1. The zero-order valence-corrected chi connectivity index (χ0v) is 14.7. The third-order valence-electron chi connectivity index (χ3n) is 4.35. The molecule has 0 aromatic carbocycles. The van der Waals surface area contributed by atoms with Gasteiger partial charge in [-0.15, -0.1) is 0 Å². The molecule has 1 N–H and O–H groups in total. The van der Waals surface area contributed by atoms with Gasteiger partial charge in [0, 0.05) is 31.2 Å². The lowest BCUT2D eigenvalue weighted by Gasteiger charge is -2.46. The molecule has 0 aromatic rings. The van der Waals surface area contributed by atoms with Crippen molar-refractivity contribution in [1.29, 1.82) is 0 Å². The molecule has 5 nitrogen and oxygen atoms in total. The van der Waals surface area contributed by atoms with E-state index in [1.165, 1.54) is 11.3 Å². The topological polar surface area (TPSA) is 56.1 Å². The molecule has 22 heavy (non-hydrogen) atoms. The molecular formula is C17H29N3O2. The number of carboxylic acid groups (broad SMARTS) is 1. The number of carboxylic acids is 1. The van der Waals surface area contributed by atoms with Crippen LogP contribution in [0.4, 0.5) is 0 Å². The summed E-state index contributed by atoms with van der Waals surface area (Å²) in [6.45, 7) is 15.6. The summed E-state index contributed by atoms with van der Waals surface area (Å²) in [7, 11) is 0. The summed E-state index contributed by atoms with van der Waals surface area (Å²) in [5, 5.41) is 9.08. The molecule has 0 radical (unpaired) electrons. The highest BCUT2D eigenvalue weighted by Crippen LogP contribution is 2.38. The second kappa shape index (κ2) is 6.03. The van der Waals surface area contributed by atoms with E-state index in [1.807, 2.05) is 4.90 Å². The van der Waals surface area contributed by atoms with Crippen molar-refractivity contribution in [2.75, 3.05) is 26.2 Å². The van der Waals surface area contributed by atoms with Gasteiger partial charge in [0.15, 0.2) is 0 Å². The van der Waals surface area contributed by atoms with Gasteiger partial charge in [0.05, 0.1) is 12.6 Å². The van der Waals surface area contributed by atoms with Gasteiger partial charge in [-0.3, -0.25) is 14.7 Å². The van der Waals surface area contributed by atoms with Crippen LogP contribution in [0.25, 0.3) is 0 Å². The van der Waals surface area contributed by atoms with Crippen LogP contribution >= 0.6 is 0 Å². The molecule has 0 amide bonds. The van der Waals surface area contributed by atoms with Gasteiger partial charge < -0.3 is 10.0 Å². The van der Waals surface area contributed by atoms with Crippen LogP contribution in [0.3, 0.4) is 0 Å². The van der Waals surface area contributed by atoms with Gasteiger partial charge in [-0.1, -0.05) is 34.6 Å². The number of aliphatic carboxylic acids is 1. The smallest absolute Gasteiger partial charge is 0.317 e. The van der Waals surface area contributed by atoms with Gasteiger partial charge in [0.2, 0.25) is 0 Å². The van der Waals surface area contributed by atoms with Crippen molar-refractivity contribution in [2.24, 2.45) is 16.3 Å². The van der Waals surface area contributed by atoms with E-state index in [-0.39, 0.29) is 18.0 Å². The minimum Gasteiger partial charge on any atom is -0.480 e. The average Bonchev–Trinajstić information content (AvgIpc) is 2.34. The second-order valence-electron chi connectivity index (χ2n) is 7.68. The van der Waals surface area contributed by atoms with Crippen LogP contribution in [0, 0.1) is 11.3 Å². The lowest BCUT2D eigenvalue weighted by atomic mass is 9.79. The quantitative estimate of drug-likeness (QED) is 0.870. The molecule has 0 spiro atoms. The maximum absolute atomic E-state index is 11.0. The standard InChI is InChI=1S/C17H29N3O2/c1-11(2)16-18-12(3)15(17(4,5)6)13-9-19(10-14(21)22)7-8-20(13)16/h11-12H,7-10H2,1-6H3,(H,21,22)/t12-/m0/s1. The summed E-state index contributed by atoms with van der Waals surface area (Å²) >= 11 is 0. The van der Waals surface area contributed by atoms with Crippen molar-refractivity contribution in [1.82, 2.24) is 9.80 Å². The third-order valence-corrected chi connectivity index (χ3v) is 4.35. The molecule has 5 heteroatoms. The van der Waals surface area contributed by atoms with Crippen LogP contribution in [0.5, 0.6) is 0 Å². The number of carbonyl (C=O) groups is 1. The summed E-state index contributed by atoms with van der Waals surface area (Å²) < 4.78 is 0. The highest BCUT2D eigenvalue weighted by molar-refractivity contribution is 5.87. The monoisotopic (exact) mass is 307 g/mol. The molecule has 2 aliphatic rings. The Morgan fingerprint density at radius 3 is 2.50 bits per heavy atom. The Balaban J connectivity index is 2.41.